The summed E-state index contributed by atoms with van der Waals surface area (Å²) in [4.78, 5) is 25.5. The molecule has 1 aromatic heterocycles. The van der Waals surface area contributed by atoms with Crippen molar-refractivity contribution >= 4 is 33.3 Å². The van der Waals surface area contributed by atoms with Gasteiger partial charge in [-0.05, 0) is 204 Å². The SMILES string of the molecule is CNCC1C(O)C(O)CC2(C)C3C(=CC(=O)C12)C1(O)C2CC(C4CC5CCCC6=C5C(C(=C5CC7CCC8CCCC8(C7)C65)C(C)(C)CC(n5ccnc5)CSSC25CCCC52CCCC2)C4O)C1(CO)CC3CN=C(N)NC(C)O. The van der Waals surface area contributed by atoms with Gasteiger partial charge >= 0.3 is 0 Å². The summed E-state index contributed by atoms with van der Waals surface area (Å²) in [5.74, 6) is -0.0873. The van der Waals surface area contributed by atoms with Crippen LogP contribution in [0.1, 0.15) is 175 Å². The monoisotopic (exact) mass is 1150 g/mol. The zero-order valence-corrected chi connectivity index (χ0v) is 51.0. The number of nitrogens with zero attached hydrogens (tertiary/aromatic N) is 3. The van der Waals surface area contributed by atoms with Crippen LogP contribution in [0.5, 0.6) is 0 Å². The van der Waals surface area contributed by atoms with Crippen LogP contribution in [-0.4, -0.2) is 119 Å². The quantitative estimate of drug-likeness (QED) is 0.0410. The Balaban J connectivity index is 1.01. The van der Waals surface area contributed by atoms with Crippen LogP contribution < -0.4 is 16.4 Å². The summed E-state index contributed by atoms with van der Waals surface area (Å²) in [5, 5.41) is 84.1. The summed E-state index contributed by atoms with van der Waals surface area (Å²) in [7, 11) is 5.90. The van der Waals surface area contributed by atoms with Gasteiger partial charge in [0, 0.05) is 77.0 Å². The second-order valence-electron chi connectivity index (χ2n) is 30.8. The number of carbonyl (C=O) groups is 1. The normalized spacial score (nSPS) is 48.9. The highest BCUT2D eigenvalue weighted by atomic mass is 33.1. The van der Waals surface area contributed by atoms with E-state index in [1.165, 1.54) is 44.1 Å². The highest BCUT2D eigenvalue weighted by molar-refractivity contribution is 8.77. The number of aliphatic hydroxyl groups is 6. The Bertz CT molecular complexity index is 2750. The van der Waals surface area contributed by atoms with Crippen molar-refractivity contribution in [2.75, 3.05) is 32.5 Å². The number of imidazole rings is 1. The van der Waals surface area contributed by atoms with E-state index in [1.807, 2.05) is 36.4 Å². The Hall–Kier alpha value is -2.21. The Morgan fingerprint density at radius 3 is 2.49 bits per heavy atom. The van der Waals surface area contributed by atoms with Gasteiger partial charge in [-0.1, -0.05) is 90.3 Å². The van der Waals surface area contributed by atoms with Crippen molar-refractivity contribution in [1.82, 2.24) is 20.2 Å². The van der Waals surface area contributed by atoms with Gasteiger partial charge < -0.3 is 51.6 Å². The Kier molecular flexibility index (Phi) is 14.1. The predicted molar refractivity (Wildman–Crippen MR) is 319 cm³/mol. The number of guanidine groups is 1. The van der Waals surface area contributed by atoms with Gasteiger partial charge in [-0.25, -0.2) is 4.98 Å². The highest BCUT2D eigenvalue weighted by Crippen LogP contribution is 2.80. The molecule has 15 heteroatoms. The number of rotatable bonds is 7. The summed E-state index contributed by atoms with van der Waals surface area (Å²) in [6, 6.07) is 0.128. The molecule has 22 unspecified atom stereocenters. The largest absolute Gasteiger partial charge is 0.396 e. The van der Waals surface area contributed by atoms with Crippen LogP contribution in [0.4, 0.5) is 0 Å². The van der Waals surface area contributed by atoms with Gasteiger partial charge in [0.05, 0.1) is 36.8 Å². The maximum atomic E-state index is 15.8. The van der Waals surface area contributed by atoms with E-state index in [4.69, 9.17) is 15.7 Å². The predicted octanol–water partition coefficient (Wildman–Crippen LogP) is 9.05. The number of ketones is 1. The van der Waals surface area contributed by atoms with E-state index >= 15 is 9.90 Å². The summed E-state index contributed by atoms with van der Waals surface area (Å²) >= 11 is 0. The third-order valence-electron chi connectivity index (χ3n) is 27.0. The first-order valence-electron chi connectivity index (χ1n) is 32.6. The molecular weight excluding hydrogens is 1050 g/mol. The summed E-state index contributed by atoms with van der Waals surface area (Å²) in [6.45, 7) is 9.07. The van der Waals surface area contributed by atoms with E-state index in [2.05, 4.69) is 53.0 Å². The number of carbonyl (C=O) groups excluding carboxylic acids is 1. The van der Waals surface area contributed by atoms with Crippen LogP contribution in [0.2, 0.25) is 0 Å². The van der Waals surface area contributed by atoms with Gasteiger partial charge in [0.1, 0.15) is 6.23 Å². The summed E-state index contributed by atoms with van der Waals surface area (Å²) in [6.07, 6.45) is 27.1. The van der Waals surface area contributed by atoms with Crippen LogP contribution in [0.3, 0.4) is 0 Å². The fourth-order valence-electron chi connectivity index (χ4n) is 24.8. The molecule has 12 aliphatic carbocycles. The Morgan fingerprint density at radius 1 is 0.938 bits per heavy atom. The van der Waals surface area contributed by atoms with Crippen LogP contribution in [0, 0.1) is 98.1 Å². The number of aliphatic imine (C=N–C) groups is 1. The fourth-order valence-corrected chi connectivity index (χ4v) is 29.1. The lowest BCUT2D eigenvalue weighted by Crippen LogP contribution is -2.70. The topological polar surface area (TPSA) is 219 Å². The van der Waals surface area contributed by atoms with Gasteiger partial charge in [-0.3, -0.25) is 9.79 Å². The molecule has 2 heterocycles. The van der Waals surface area contributed by atoms with Crippen molar-refractivity contribution in [1.29, 1.82) is 0 Å². The third kappa shape index (κ3) is 7.90. The van der Waals surface area contributed by atoms with E-state index in [-0.39, 0.29) is 77.8 Å². The number of hydrogen-bond donors (Lipinski definition) is 9. The molecule has 13 aliphatic rings. The average molecular weight is 1150 g/mol. The van der Waals surface area contributed by atoms with E-state index in [9.17, 15) is 25.5 Å². The molecule has 10 N–H and O–H groups in total. The molecule has 13 nitrogen and oxygen atoms in total. The molecule has 446 valence electrons. The Labute approximate surface area is 490 Å². The van der Waals surface area contributed by atoms with E-state index in [0.717, 1.165) is 95.1 Å². The first-order chi connectivity index (χ1) is 38.8. The minimum Gasteiger partial charge on any atom is -0.396 e. The smallest absolute Gasteiger partial charge is 0.190 e. The van der Waals surface area contributed by atoms with Crippen LogP contribution >= 0.6 is 21.6 Å². The zero-order valence-electron chi connectivity index (χ0n) is 49.3. The maximum Gasteiger partial charge on any atom is 0.190 e. The lowest BCUT2D eigenvalue weighted by molar-refractivity contribution is -0.198. The molecular formula is C66H98N6O7S2. The molecule has 1 aliphatic heterocycles. The number of aromatic nitrogens is 2. The lowest BCUT2D eigenvalue weighted by atomic mass is 9.40. The molecule has 3 spiro atoms. The first kappa shape index (κ1) is 56.6. The lowest BCUT2D eigenvalue weighted by Gasteiger charge is -2.66. The van der Waals surface area contributed by atoms with Crippen molar-refractivity contribution in [2.24, 2.45) is 109 Å². The van der Waals surface area contributed by atoms with Crippen LogP contribution in [-0.2, 0) is 4.79 Å². The van der Waals surface area contributed by atoms with Crippen LogP contribution in [0.15, 0.2) is 57.7 Å². The van der Waals surface area contributed by atoms with Gasteiger partial charge in [0.2, 0.25) is 0 Å². The van der Waals surface area contributed by atoms with E-state index in [1.54, 1.807) is 23.6 Å². The molecule has 0 aromatic carbocycles. The number of fused-ring (bicyclic) bond motifs is 16. The van der Waals surface area contributed by atoms with Gasteiger partial charge in [-0.15, -0.1) is 0 Å². The standard InChI is InChI=1S/C66H98N6O7S2/c1-36(74)71-59(67)70-31-39-28-64(34-73)46-26-50(66(64,79)47-25-48(75)55-45(32-68-5)57(77)49(76)30-61(55,4)53(39)47)65(20-10-18-62(65)16-6-7-17-62)81-80-33-41(72-22-21-69-35-72)29-60(2,3)56-44-23-37-14-15-40-12-9-19-63(40,27-37)54(44)42-13-8-11-38-24-43(46)58(78)52(56)51(38)42/h21-22,25,35-41,43,45-46,49-50,52-55,57-58,68,73-74,76-79H,6-20,23-24,26-34H2,1-5H3,(H3,67,70,71). The average Bonchev–Trinajstić information content (AvgIpc) is 4.48. The highest BCUT2D eigenvalue weighted by Gasteiger charge is 2.80. The fraction of sp³-hybridized carbons (Fsp3) is 0.833. The second kappa shape index (κ2) is 20.2. The van der Waals surface area contributed by atoms with E-state index < -0.39 is 63.5 Å². The minimum atomic E-state index is -1.68. The number of aliphatic hydroxyl groups excluding tert-OH is 5. The van der Waals surface area contributed by atoms with Gasteiger partial charge in [-0.2, -0.15) is 0 Å². The molecule has 0 amide bonds. The first-order valence-corrected chi connectivity index (χ1v) is 34.9. The van der Waals surface area contributed by atoms with Crippen molar-refractivity contribution in [2.45, 2.75) is 210 Å². The number of nitrogens with one attached hydrogen (secondary N) is 2. The Morgan fingerprint density at radius 2 is 1.74 bits per heavy atom. The minimum absolute atomic E-state index is 0.0691. The number of allylic oxidation sites excluding steroid dienone is 3. The van der Waals surface area contributed by atoms with Gasteiger partial charge in [0.25, 0.3) is 0 Å². The molecule has 6 bridgehead atoms. The molecule has 14 rings (SSSR count). The van der Waals surface area contributed by atoms with Gasteiger partial charge in [0.15, 0.2) is 11.7 Å². The molecule has 1 aromatic rings. The van der Waals surface area contributed by atoms with Crippen LogP contribution in [0.25, 0.3) is 0 Å². The summed E-state index contributed by atoms with van der Waals surface area (Å²) < 4.78 is 1.96. The van der Waals surface area contributed by atoms with Crippen molar-refractivity contribution in [3.63, 3.8) is 0 Å². The molecule has 0 radical (unpaired) electrons. The van der Waals surface area contributed by atoms with Crippen molar-refractivity contribution in [3.8, 4) is 0 Å². The van der Waals surface area contributed by atoms with E-state index in [0.29, 0.717) is 48.1 Å². The van der Waals surface area contributed by atoms with Crippen molar-refractivity contribution in [3.05, 3.63) is 52.7 Å². The second-order valence-corrected chi connectivity index (χ2v) is 33.4. The van der Waals surface area contributed by atoms with Crippen molar-refractivity contribution < 1.29 is 35.4 Å². The molecule has 10 fully saturated rings. The molecule has 81 heavy (non-hydrogen) atoms. The molecule has 22 atom stereocenters. The zero-order chi connectivity index (χ0) is 56.4. The third-order valence-corrected chi connectivity index (χ3v) is 30.5. The number of hydrogen-bond acceptors (Lipinski definition) is 12. The molecule has 1 saturated heterocycles. The maximum absolute atomic E-state index is 15.8. The summed E-state index contributed by atoms with van der Waals surface area (Å²) in [5.41, 5.74) is 10.1. The molecule has 9 saturated carbocycles. The number of nitrogens with two attached hydrogens (primary N) is 1.